The number of anilines is 1. The van der Waals surface area contributed by atoms with Crippen LogP contribution in [0.1, 0.15) is 18.1 Å². The lowest BCUT2D eigenvalue weighted by molar-refractivity contribution is -0.130. The van der Waals surface area contributed by atoms with Gasteiger partial charge in [0, 0.05) is 43.3 Å². The summed E-state index contributed by atoms with van der Waals surface area (Å²) in [6.45, 7) is 4.68. The van der Waals surface area contributed by atoms with Crippen molar-refractivity contribution in [2.75, 3.05) is 30.6 Å². The quantitative estimate of drug-likeness (QED) is 0.662. The van der Waals surface area contributed by atoms with Crippen molar-refractivity contribution >= 4 is 39.3 Å². The maximum Gasteiger partial charge on any atom is 0.246 e. The summed E-state index contributed by atoms with van der Waals surface area (Å²) >= 11 is 5.97. The van der Waals surface area contributed by atoms with Crippen molar-refractivity contribution in [3.63, 3.8) is 0 Å². The molecule has 1 atom stereocenters. The van der Waals surface area contributed by atoms with Gasteiger partial charge in [0.05, 0.1) is 11.9 Å². The predicted octanol–water partition coefficient (Wildman–Crippen LogP) is 3.60. The molecule has 3 rings (SSSR count). The molecule has 9 heteroatoms. The molecule has 1 heterocycles. The van der Waals surface area contributed by atoms with Gasteiger partial charge in [0.25, 0.3) is 0 Å². The van der Waals surface area contributed by atoms with E-state index in [4.69, 9.17) is 11.6 Å². The Kier molecular flexibility index (Phi) is 7.35. The summed E-state index contributed by atoms with van der Waals surface area (Å²) in [6, 6.07) is 11.2. The van der Waals surface area contributed by atoms with Crippen molar-refractivity contribution < 1.29 is 17.6 Å². The van der Waals surface area contributed by atoms with Gasteiger partial charge in [-0.15, -0.1) is 0 Å². The first-order valence-corrected chi connectivity index (χ1v) is 12.1. The summed E-state index contributed by atoms with van der Waals surface area (Å²) in [6.07, 6.45) is 4.09. The van der Waals surface area contributed by atoms with Crippen LogP contribution in [-0.4, -0.2) is 56.1 Å². The Morgan fingerprint density at radius 3 is 2.58 bits per heavy atom. The molecule has 1 amide bonds. The van der Waals surface area contributed by atoms with Gasteiger partial charge in [-0.05, 0) is 48.4 Å². The second-order valence-corrected chi connectivity index (χ2v) is 9.87. The maximum atomic E-state index is 13.1. The Bertz CT molecular complexity index is 1070. The van der Waals surface area contributed by atoms with E-state index in [2.05, 4.69) is 9.62 Å². The molecule has 6 nitrogen and oxygen atoms in total. The summed E-state index contributed by atoms with van der Waals surface area (Å²) in [5.74, 6) is -0.399. The smallest absolute Gasteiger partial charge is 0.246 e. The number of carbonyl (C=O) groups excluding carboxylic acids is 1. The van der Waals surface area contributed by atoms with Gasteiger partial charge < -0.3 is 4.90 Å². The minimum Gasteiger partial charge on any atom is -0.334 e. The van der Waals surface area contributed by atoms with Gasteiger partial charge in [-0.25, -0.2) is 12.8 Å². The number of carbonyl (C=O) groups is 1. The highest BCUT2D eigenvalue weighted by Crippen LogP contribution is 2.23. The Labute approximate surface area is 187 Å². The van der Waals surface area contributed by atoms with Gasteiger partial charge in [-0.1, -0.05) is 29.8 Å². The van der Waals surface area contributed by atoms with Gasteiger partial charge in [0.1, 0.15) is 5.82 Å². The number of amides is 1. The van der Waals surface area contributed by atoms with Crippen LogP contribution in [0.25, 0.3) is 6.08 Å². The number of hydrogen-bond acceptors (Lipinski definition) is 4. The number of nitrogens with zero attached hydrogens (tertiary/aromatic N) is 2. The standard InChI is InChI=1S/C22H25ClFN3O3S/c1-16-14-26(15-17-3-8-20(24)9-4-17)11-12-27(16)22(28)10-6-18-5-7-19(23)13-21(18)25-31(2,29)30/h3-10,13,16,25H,11-12,14-15H2,1-2H3/t16-/m1/s1. The Hall–Kier alpha value is -2.42. The Balaban J connectivity index is 1.64. The number of piperazine rings is 1. The normalized spacial score (nSPS) is 17.8. The molecule has 166 valence electrons. The SMILES string of the molecule is C[C@@H]1CN(Cc2ccc(F)cc2)CCN1C(=O)C=Cc1ccc(Cl)cc1NS(C)(=O)=O. The second-order valence-electron chi connectivity index (χ2n) is 7.68. The summed E-state index contributed by atoms with van der Waals surface area (Å²) in [7, 11) is -3.48. The van der Waals surface area contributed by atoms with Crippen LogP contribution in [0.3, 0.4) is 0 Å². The Morgan fingerprint density at radius 1 is 1.23 bits per heavy atom. The minimum absolute atomic E-state index is 0.00480. The first-order valence-electron chi connectivity index (χ1n) is 9.83. The van der Waals surface area contributed by atoms with Gasteiger partial charge >= 0.3 is 0 Å². The van der Waals surface area contributed by atoms with Crippen LogP contribution in [-0.2, 0) is 21.4 Å². The largest absolute Gasteiger partial charge is 0.334 e. The molecule has 0 bridgehead atoms. The van der Waals surface area contributed by atoms with E-state index in [-0.39, 0.29) is 17.8 Å². The molecule has 2 aromatic rings. The Morgan fingerprint density at radius 2 is 1.94 bits per heavy atom. The van der Waals surface area contributed by atoms with Gasteiger partial charge in [0.2, 0.25) is 15.9 Å². The van der Waals surface area contributed by atoms with E-state index in [9.17, 15) is 17.6 Å². The van der Waals surface area contributed by atoms with Gasteiger partial charge in [-0.3, -0.25) is 14.4 Å². The topological polar surface area (TPSA) is 69.7 Å². The van der Waals surface area contributed by atoms with Crippen LogP contribution < -0.4 is 4.72 Å². The molecule has 1 aliphatic rings. The maximum absolute atomic E-state index is 13.1. The molecule has 1 aliphatic heterocycles. The summed E-state index contributed by atoms with van der Waals surface area (Å²) in [5, 5.41) is 0.389. The van der Waals surface area contributed by atoms with Gasteiger partial charge in [-0.2, -0.15) is 0 Å². The molecule has 2 aromatic carbocycles. The number of rotatable bonds is 6. The third kappa shape index (κ3) is 6.78. The lowest BCUT2D eigenvalue weighted by atomic mass is 10.1. The summed E-state index contributed by atoms with van der Waals surface area (Å²) in [4.78, 5) is 16.8. The molecule has 0 aliphatic carbocycles. The van der Waals surface area contributed by atoms with Crippen LogP contribution in [0.5, 0.6) is 0 Å². The zero-order chi connectivity index (χ0) is 22.6. The minimum atomic E-state index is -3.48. The summed E-state index contributed by atoms with van der Waals surface area (Å²) < 4.78 is 38.7. The van der Waals surface area contributed by atoms with Crippen molar-refractivity contribution in [2.24, 2.45) is 0 Å². The van der Waals surface area contributed by atoms with Crippen LogP contribution in [0.4, 0.5) is 10.1 Å². The van der Waals surface area contributed by atoms with Crippen LogP contribution in [0, 0.1) is 5.82 Å². The van der Waals surface area contributed by atoms with Crippen molar-refractivity contribution in [2.45, 2.75) is 19.5 Å². The fourth-order valence-corrected chi connectivity index (χ4v) is 4.32. The number of benzene rings is 2. The lowest BCUT2D eigenvalue weighted by Gasteiger charge is -2.39. The number of hydrogen-bond donors (Lipinski definition) is 1. The first kappa shape index (κ1) is 23.2. The molecule has 0 saturated carbocycles. The third-order valence-electron chi connectivity index (χ3n) is 5.03. The van der Waals surface area contributed by atoms with Crippen molar-refractivity contribution in [3.8, 4) is 0 Å². The molecule has 1 saturated heterocycles. The van der Waals surface area contributed by atoms with Crippen molar-refractivity contribution in [1.29, 1.82) is 0 Å². The van der Waals surface area contributed by atoms with E-state index >= 15 is 0 Å². The highest BCUT2D eigenvalue weighted by atomic mass is 35.5. The highest BCUT2D eigenvalue weighted by Gasteiger charge is 2.26. The second kappa shape index (κ2) is 9.80. The van der Waals surface area contributed by atoms with Crippen molar-refractivity contribution in [3.05, 3.63) is 70.5 Å². The lowest BCUT2D eigenvalue weighted by Crippen LogP contribution is -2.53. The van der Waals surface area contributed by atoms with Crippen LogP contribution in [0.15, 0.2) is 48.5 Å². The van der Waals surface area contributed by atoms with Gasteiger partial charge in [0.15, 0.2) is 0 Å². The third-order valence-corrected chi connectivity index (χ3v) is 5.86. The van der Waals surface area contributed by atoms with E-state index in [1.54, 1.807) is 35.2 Å². The zero-order valence-corrected chi connectivity index (χ0v) is 19.0. The number of halogens is 2. The van der Waals surface area contributed by atoms with E-state index in [1.807, 2.05) is 6.92 Å². The number of sulfonamides is 1. The molecular weight excluding hydrogens is 441 g/mol. The summed E-state index contributed by atoms with van der Waals surface area (Å²) in [5.41, 5.74) is 1.89. The molecule has 0 aromatic heterocycles. The molecule has 0 radical (unpaired) electrons. The van der Waals surface area contributed by atoms with E-state index in [0.717, 1.165) is 11.8 Å². The van der Waals surface area contributed by atoms with Crippen LogP contribution in [0.2, 0.25) is 5.02 Å². The molecule has 1 N–H and O–H groups in total. The fourth-order valence-electron chi connectivity index (χ4n) is 3.57. The first-order chi connectivity index (χ1) is 14.6. The molecular formula is C22H25ClFN3O3S. The molecule has 1 fully saturated rings. The monoisotopic (exact) mass is 465 g/mol. The number of nitrogens with one attached hydrogen (secondary N) is 1. The molecule has 31 heavy (non-hydrogen) atoms. The van der Waals surface area contributed by atoms with E-state index in [0.29, 0.717) is 42.5 Å². The predicted molar refractivity (Wildman–Crippen MR) is 122 cm³/mol. The highest BCUT2D eigenvalue weighted by molar-refractivity contribution is 7.92. The molecule has 0 spiro atoms. The zero-order valence-electron chi connectivity index (χ0n) is 17.4. The fraction of sp³-hybridized carbons (Fsp3) is 0.318. The van der Waals surface area contributed by atoms with E-state index < -0.39 is 10.0 Å². The average molecular weight is 466 g/mol. The molecule has 0 unspecified atom stereocenters. The van der Waals surface area contributed by atoms with E-state index in [1.165, 1.54) is 24.3 Å². The van der Waals surface area contributed by atoms with Crippen LogP contribution >= 0.6 is 11.6 Å². The van der Waals surface area contributed by atoms with Crippen molar-refractivity contribution in [1.82, 2.24) is 9.80 Å². The average Bonchev–Trinajstić information content (AvgIpc) is 2.68.